The minimum absolute atomic E-state index is 0.578. The van der Waals surface area contributed by atoms with Gasteiger partial charge >= 0.3 is 0 Å². The van der Waals surface area contributed by atoms with Crippen molar-refractivity contribution in [2.45, 2.75) is 6.92 Å². The highest BCUT2D eigenvalue weighted by molar-refractivity contribution is 5.84. The zero-order valence-corrected chi connectivity index (χ0v) is 8.34. The van der Waals surface area contributed by atoms with Crippen molar-refractivity contribution in [1.82, 2.24) is 9.97 Å². The first-order valence-corrected chi connectivity index (χ1v) is 4.64. The van der Waals surface area contributed by atoms with Gasteiger partial charge in [-0.15, -0.1) is 0 Å². The van der Waals surface area contributed by atoms with Gasteiger partial charge in [0.1, 0.15) is 0 Å². The third-order valence-corrected chi connectivity index (χ3v) is 2.09. The standard InChI is InChI=1S/C12H10N2O/c1-9-6-10(8-15)12(14-7-9)11-4-2-3-5-13-11/h2-8H,1H3. The first-order chi connectivity index (χ1) is 7.31. The van der Waals surface area contributed by atoms with E-state index in [2.05, 4.69) is 9.97 Å². The molecule has 0 aliphatic rings. The van der Waals surface area contributed by atoms with E-state index in [1.807, 2.05) is 31.2 Å². The van der Waals surface area contributed by atoms with Gasteiger partial charge in [-0.2, -0.15) is 0 Å². The lowest BCUT2D eigenvalue weighted by molar-refractivity contribution is 0.112. The Morgan fingerprint density at radius 2 is 2.13 bits per heavy atom. The van der Waals surface area contributed by atoms with Crippen molar-refractivity contribution in [2.75, 3.05) is 0 Å². The van der Waals surface area contributed by atoms with Crippen LogP contribution in [-0.4, -0.2) is 16.3 Å². The minimum atomic E-state index is 0.578. The Morgan fingerprint density at radius 1 is 1.27 bits per heavy atom. The van der Waals surface area contributed by atoms with Gasteiger partial charge in [-0.25, -0.2) is 0 Å². The molecule has 0 radical (unpaired) electrons. The molecule has 0 spiro atoms. The molecule has 2 rings (SSSR count). The molecule has 0 saturated carbocycles. The van der Waals surface area contributed by atoms with E-state index in [0.717, 1.165) is 17.5 Å². The lowest BCUT2D eigenvalue weighted by atomic mass is 10.1. The maximum absolute atomic E-state index is 10.9. The molecule has 0 fully saturated rings. The molecule has 3 heteroatoms. The second kappa shape index (κ2) is 4.00. The number of nitrogens with zero attached hydrogens (tertiary/aromatic N) is 2. The maximum Gasteiger partial charge on any atom is 0.152 e. The number of aromatic nitrogens is 2. The fraction of sp³-hybridized carbons (Fsp3) is 0.0833. The Bertz CT molecular complexity index is 480. The van der Waals surface area contributed by atoms with Gasteiger partial charge in [0.05, 0.1) is 11.4 Å². The molecule has 0 amide bonds. The van der Waals surface area contributed by atoms with Crippen LogP contribution in [0.2, 0.25) is 0 Å². The van der Waals surface area contributed by atoms with Crippen LogP contribution in [0.25, 0.3) is 11.4 Å². The Labute approximate surface area is 87.8 Å². The van der Waals surface area contributed by atoms with Crippen molar-refractivity contribution in [1.29, 1.82) is 0 Å². The van der Waals surface area contributed by atoms with E-state index in [1.54, 1.807) is 12.4 Å². The van der Waals surface area contributed by atoms with Gasteiger partial charge < -0.3 is 0 Å². The van der Waals surface area contributed by atoms with Gasteiger partial charge in [-0.05, 0) is 30.7 Å². The fourth-order valence-electron chi connectivity index (χ4n) is 1.40. The Kier molecular flexibility index (Phi) is 2.54. The molecule has 15 heavy (non-hydrogen) atoms. The number of carbonyl (C=O) groups excluding carboxylic acids is 1. The highest BCUT2D eigenvalue weighted by Crippen LogP contribution is 2.17. The summed E-state index contributed by atoms with van der Waals surface area (Å²) in [5.41, 5.74) is 2.90. The molecule has 0 aliphatic heterocycles. The van der Waals surface area contributed by atoms with Gasteiger partial charge in [0.25, 0.3) is 0 Å². The molecule has 0 saturated heterocycles. The summed E-state index contributed by atoms with van der Waals surface area (Å²) >= 11 is 0. The predicted molar refractivity (Wildman–Crippen MR) is 57.6 cm³/mol. The highest BCUT2D eigenvalue weighted by Gasteiger charge is 2.06. The van der Waals surface area contributed by atoms with E-state index in [0.29, 0.717) is 11.3 Å². The summed E-state index contributed by atoms with van der Waals surface area (Å²) in [5.74, 6) is 0. The van der Waals surface area contributed by atoms with Crippen LogP contribution in [-0.2, 0) is 0 Å². The number of hydrogen-bond acceptors (Lipinski definition) is 3. The monoisotopic (exact) mass is 198 g/mol. The van der Waals surface area contributed by atoms with E-state index >= 15 is 0 Å². The molecule has 0 aliphatic carbocycles. The van der Waals surface area contributed by atoms with Gasteiger partial charge in [0, 0.05) is 18.0 Å². The largest absolute Gasteiger partial charge is 0.298 e. The van der Waals surface area contributed by atoms with E-state index in [1.165, 1.54) is 0 Å². The third kappa shape index (κ3) is 1.91. The number of rotatable bonds is 2. The number of aldehydes is 1. The van der Waals surface area contributed by atoms with Crippen LogP contribution in [0.5, 0.6) is 0 Å². The van der Waals surface area contributed by atoms with E-state index in [9.17, 15) is 4.79 Å². The van der Waals surface area contributed by atoms with Crippen molar-refractivity contribution < 1.29 is 4.79 Å². The van der Waals surface area contributed by atoms with Crippen molar-refractivity contribution in [3.63, 3.8) is 0 Å². The summed E-state index contributed by atoms with van der Waals surface area (Å²) in [6.07, 6.45) is 4.23. The van der Waals surface area contributed by atoms with Gasteiger partial charge in [-0.1, -0.05) is 6.07 Å². The zero-order chi connectivity index (χ0) is 10.7. The summed E-state index contributed by atoms with van der Waals surface area (Å²) in [6, 6.07) is 7.35. The minimum Gasteiger partial charge on any atom is -0.298 e. The van der Waals surface area contributed by atoms with E-state index < -0.39 is 0 Å². The molecule has 0 bridgehead atoms. The lowest BCUT2D eigenvalue weighted by Gasteiger charge is -2.03. The summed E-state index contributed by atoms with van der Waals surface area (Å²) in [5, 5.41) is 0. The number of carbonyl (C=O) groups is 1. The fourth-order valence-corrected chi connectivity index (χ4v) is 1.40. The quantitative estimate of drug-likeness (QED) is 0.695. The van der Waals surface area contributed by atoms with Crippen LogP contribution < -0.4 is 0 Å². The third-order valence-electron chi connectivity index (χ3n) is 2.09. The Morgan fingerprint density at radius 3 is 2.80 bits per heavy atom. The summed E-state index contributed by atoms with van der Waals surface area (Å²) in [6.45, 7) is 1.90. The van der Waals surface area contributed by atoms with Gasteiger partial charge in [0.15, 0.2) is 6.29 Å². The Balaban J connectivity index is 2.58. The second-order valence-electron chi connectivity index (χ2n) is 3.28. The van der Waals surface area contributed by atoms with Crippen molar-refractivity contribution in [2.24, 2.45) is 0 Å². The first-order valence-electron chi connectivity index (χ1n) is 4.64. The highest BCUT2D eigenvalue weighted by atomic mass is 16.1. The molecular formula is C12H10N2O. The predicted octanol–water partition coefficient (Wildman–Crippen LogP) is 2.26. The molecule has 0 aromatic carbocycles. The van der Waals surface area contributed by atoms with Crippen LogP contribution in [0.4, 0.5) is 0 Å². The average Bonchev–Trinajstić information content (AvgIpc) is 2.30. The summed E-state index contributed by atoms with van der Waals surface area (Å²) in [4.78, 5) is 19.3. The smallest absolute Gasteiger partial charge is 0.152 e. The summed E-state index contributed by atoms with van der Waals surface area (Å²) in [7, 11) is 0. The topological polar surface area (TPSA) is 42.9 Å². The van der Waals surface area contributed by atoms with E-state index in [-0.39, 0.29) is 0 Å². The van der Waals surface area contributed by atoms with Crippen LogP contribution in [0, 0.1) is 6.92 Å². The van der Waals surface area contributed by atoms with Crippen LogP contribution >= 0.6 is 0 Å². The van der Waals surface area contributed by atoms with E-state index in [4.69, 9.17) is 0 Å². The van der Waals surface area contributed by atoms with Crippen LogP contribution in [0.3, 0.4) is 0 Å². The van der Waals surface area contributed by atoms with Crippen LogP contribution in [0.1, 0.15) is 15.9 Å². The molecule has 2 heterocycles. The zero-order valence-electron chi connectivity index (χ0n) is 8.34. The summed E-state index contributed by atoms with van der Waals surface area (Å²) < 4.78 is 0. The molecule has 2 aromatic heterocycles. The second-order valence-corrected chi connectivity index (χ2v) is 3.28. The number of pyridine rings is 2. The molecule has 0 atom stereocenters. The van der Waals surface area contributed by atoms with Crippen molar-refractivity contribution in [3.05, 3.63) is 47.8 Å². The van der Waals surface area contributed by atoms with Crippen molar-refractivity contribution >= 4 is 6.29 Å². The maximum atomic E-state index is 10.9. The molecule has 3 nitrogen and oxygen atoms in total. The van der Waals surface area contributed by atoms with Gasteiger partial charge in [-0.3, -0.25) is 14.8 Å². The van der Waals surface area contributed by atoms with Gasteiger partial charge in [0.2, 0.25) is 0 Å². The SMILES string of the molecule is Cc1cnc(-c2ccccn2)c(C=O)c1. The van der Waals surface area contributed by atoms with Crippen molar-refractivity contribution in [3.8, 4) is 11.4 Å². The lowest BCUT2D eigenvalue weighted by Crippen LogP contribution is -1.94. The average molecular weight is 198 g/mol. The molecule has 0 N–H and O–H groups in total. The molecule has 2 aromatic rings. The first kappa shape index (κ1) is 9.52. The number of aryl methyl sites for hydroxylation is 1. The molecular weight excluding hydrogens is 188 g/mol. The molecule has 74 valence electrons. The normalized spacial score (nSPS) is 9.93. The van der Waals surface area contributed by atoms with Crippen LogP contribution in [0.15, 0.2) is 36.7 Å². The molecule has 0 unspecified atom stereocenters. The Hall–Kier alpha value is -2.03. The number of hydrogen-bond donors (Lipinski definition) is 0.